The number of aliphatic hydroxyl groups excluding tert-OH is 1. The molecular formula is C32H47N5O7S. The number of alkyl carbamates (subject to hydrolysis) is 1. The van der Waals surface area contributed by atoms with E-state index < -0.39 is 57.7 Å². The van der Waals surface area contributed by atoms with E-state index in [1.54, 1.807) is 23.1 Å². The number of hydrogen-bond donors (Lipinski definition) is 5. The molecule has 1 spiro atoms. The molecule has 1 aromatic rings. The van der Waals surface area contributed by atoms with Gasteiger partial charge in [0.2, 0.25) is 5.91 Å². The molecule has 1 saturated heterocycles. The van der Waals surface area contributed by atoms with Gasteiger partial charge >= 0.3 is 6.09 Å². The Morgan fingerprint density at radius 2 is 1.73 bits per heavy atom. The third-order valence-corrected chi connectivity index (χ3v) is 11.0. The summed E-state index contributed by atoms with van der Waals surface area (Å²) >= 11 is 0. The second-order valence-electron chi connectivity index (χ2n) is 12.8. The third-order valence-electron chi connectivity index (χ3n) is 9.64. The summed E-state index contributed by atoms with van der Waals surface area (Å²) in [5.74, 6) is -1.76. The first kappa shape index (κ1) is 33.2. The predicted molar refractivity (Wildman–Crippen MR) is 169 cm³/mol. The Hall–Kier alpha value is -3.16. The van der Waals surface area contributed by atoms with Gasteiger partial charge in [0.25, 0.3) is 15.9 Å². The molecule has 3 amide bonds. The maximum Gasteiger partial charge on any atom is 0.407 e. The number of aliphatic hydroxyl groups is 1. The standard InChI is InChI=1S/C32H47N5O7S/c1-2-22-21-32(22)30(40)36-45(42,43)27-18-10-9-15-24(27)33-19-11-5-3-4-6-16-25(34-31(41)44-23-13-7-8-14-23)29(39)37-20-12-17-26(37)28(38)35-32/h2,9-10,15,18,22-23,25-26,29,33,39H,1,3-8,11-14,16-17,19-21H2,(H,34,41)(H,35,38)(H,36,40)/t22-,25+,26+,29?,32-/m1/s1. The first-order valence-electron chi connectivity index (χ1n) is 16.4. The fourth-order valence-corrected chi connectivity index (χ4v) is 8.18. The second-order valence-corrected chi connectivity index (χ2v) is 14.4. The number of ether oxygens (including phenoxy) is 1. The van der Waals surface area contributed by atoms with Gasteiger partial charge in [0.15, 0.2) is 0 Å². The van der Waals surface area contributed by atoms with Gasteiger partial charge in [0.1, 0.15) is 22.8 Å². The highest BCUT2D eigenvalue weighted by Crippen LogP contribution is 2.45. The number of carbonyl (C=O) groups excluding carboxylic acids is 3. The van der Waals surface area contributed by atoms with Gasteiger partial charge in [-0.2, -0.15) is 0 Å². The quantitative estimate of drug-likeness (QED) is 0.311. The zero-order chi connectivity index (χ0) is 32.0. The normalized spacial score (nSPS) is 31.8. The average Bonchev–Trinajstić information content (AvgIpc) is 3.31. The summed E-state index contributed by atoms with van der Waals surface area (Å²) in [6, 6.07) is 5.02. The predicted octanol–water partition coefficient (Wildman–Crippen LogP) is 3.14. The average molecular weight is 646 g/mol. The van der Waals surface area contributed by atoms with Crippen LogP contribution in [-0.4, -0.2) is 79.4 Å². The molecule has 2 aliphatic heterocycles. The number of benzene rings is 1. The lowest BCUT2D eigenvalue weighted by atomic mass is 10.0. The van der Waals surface area contributed by atoms with Crippen molar-refractivity contribution in [1.82, 2.24) is 20.3 Å². The van der Waals surface area contributed by atoms with E-state index in [1.165, 1.54) is 12.1 Å². The van der Waals surface area contributed by atoms with E-state index in [9.17, 15) is 27.9 Å². The molecule has 0 aromatic heterocycles. The summed E-state index contributed by atoms with van der Waals surface area (Å²) in [7, 11) is -4.26. The molecule has 0 bridgehead atoms. The zero-order valence-electron chi connectivity index (χ0n) is 25.8. The van der Waals surface area contributed by atoms with E-state index >= 15 is 0 Å². The number of carbonyl (C=O) groups is 3. The SMILES string of the molecule is C=C[C@@H]1C[C@@]12NC(=O)[C@@H]1CCCN1C(O)[C@@H](NC(=O)OC1CCCC1)CCCCCCCNc1ccccc1S(=O)(=O)NC2=O. The summed E-state index contributed by atoms with van der Waals surface area (Å²) in [6.07, 6.45) is 9.49. The minimum Gasteiger partial charge on any atom is -0.446 e. The maximum absolute atomic E-state index is 13.7. The van der Waals surface area contributed by atoms with Crippen LogP contribution in [-0.2, 0) is 24.3 Å². The lowest BCUT2D eigenvalue weighted by Crippen LogP contribution is -2.59. The van der Waals surface area contributed by atoms with E-state index in [0.717, 1.165) is 57.8 Å². The summed E-state index contributed by atoms with van der Waals surface area (Å²) in [4.78, 5) is 41.8. The number of amides is 3. The van der Waals surface area contributed by atoms with Crippen LogP contribution in [0, 0.1) is 5.92 Å². The van der Waals surface area contributed by atoms with Gasteiger partial charge in [-0.25, -0.2) is 17.9 Å². The van der Waals surface area contributed by atoms with Gasteiger partial charge in [-0.3, -0.25) is 14.5 Å². The Kier molecular flexibility index (Phi) is 10.7. The Morgan fingerprint density at radius 1 is 1.02 bits per heavy atom. The molecule has 5 atom stereocenters. The third kappa shape index (κ3) is 7.81. The van der Waals surface area contributed by atoms with E-state index in [1.807, 2.05) is 0 Å². The molecule has 13 heteroatoms. The summed E-state index contributed by atoms with van der Waals surface area (Å²) < 4.78 is 34.7. The van der Waals surface area contributed by atoms with Crippen molar-refractivity contribution in [2.75, 3.05) is 18.4 Å². The van der Waals surface area contributed by atoms with Crippen LogP contribution < -0.4 is 20.7 Å². The Balaban J connectivity index is 1.37. The van der Waals surface area contributed by atoms with Crippen molar-refractivity contribution in [3.05, 3.63) is 36.9 Å². The molecule has 1 unspecified atom stereocenters. The highest BCUT2D eigenvalue weighted by molar-refractivity contribution is 7.90. The van der Waals surface area contributed by atoms with Crippen LogP contribution in [0.1, 0.15) is 83.5 Å². The lowest BCUT2D eigenvalue weighted by molar-refractivity contribution is -0.135. The van der Waals surface area contributed by atoms with Gasteiger partial charge < -0.3 is 25.8 Å². The largest absolute Gasteiger partial charge is 0.446 e. The van der Waals surface area contributed by atoms with Crippen LogP contribution >= 0.6 is 0 Å². The molecule has 3 fully saturated rings. The van der Waals surface area contributed by atoms with E-state index in [0.29, 0.717) is 38.0 Å². The number of fused-ring (bicyclic) bond motifs is 2. The van der Waals surface area contributed by atoms with Crippen molar-refractivity contribution in [3.63, 3.8) is 0 Å². The summed E-state index contributed by atoms with van der Waals surface area (Å²) in [5.41, 5.74) is -1.08. The minimum absolute atomic E-state index is 0.0416. The van der Waals surface area contributed by atoms with Crippen molar-refractivity contribution < 1.29 is 32.6 Å². The molecule has 5 rings (SSSR count). The minimum atomic E-state index is -4.26. The van der Waals surface area contributed by atoms with E-state index in [-0.39, 0.29) is 17.4 Å². The number of para-hydroxylation sites is 1. The van der Waals surface area contributed by atoms with Crippen LogP contribution in [0.5, 0.6) is 0 Å². The number of anilines is 1. The topological polar surface area (TPSA) is 166 Å². The van der Waals surface area contributed by atoms with Gasteiger partial charge in [-0.15, -0.1) is 6.58 Å². The Labute approximate surface area is 265 Å². The molecule has 12 nitrogen and oxygen atoms in total. The zero-order valence-corrected chi connectivity index (χ0v) is 26.7. The fourth-order valence-electron chi connectivity index (χ4n) is 6.95. The van der Waals surface area contributed by atoms with Gasteiger partial charge in [0.05, 0.1) is 17.8 Å². The maximum atomic E-state index is 13.7. The number of sulfonamides is 1. The van der Waals surface area contributed by atoms with Crippen LogP contribution in [0.25, 0.3) is 0 Å². The molecule has 45 heavy (non-hydrogen) atoms. The van der Waals surface area contributed by atoms with Gasteiger partial charge in [-0.05, 0) is 69.9 Å². The molecule has 0 radical (unpaired) electrons. The van der Waals surface area contributed by atoms with Crippen molar-refractivity contribution in [2.24, 2.45) is 5.92 Å². The molecule has 5 N–H and O–H groups in total. The van der Waals surface area contributed by atoms with Crippen LogP contribution in [0.3, 0.4) is 0 Å². The second kappa shape index (κ2) is 14.5. The van der Waals surface area contributed by atoms with Crippen LogP contribution in [0.15, 0.2) is 41.8 Å². The number of nitrogens with zero attached hydrogens (tertiary/aromatic N) is 1. The Bertz CT molecular complexity index is 1350. The van der Waals surface area contributed by atoms with Crippen molar-refractivity contribution in [3.8, 4) is 0 Å². The molecule has 2 heterocycles. The lowest BCUT2D eigenvalue weighted by Gasteiger charge is -2.35. The van der Waals surface area contributed by atoms with E-state index in [2.05, 4.69) is 27.3 Å². The summed E-state index contributed by atoms with van der Waals surface area (Å²) in [6.45, 7) is 4.75. The van der Waals surface area contributed by atoms with Gasteiger partial charge in [-0.1, -0.05) is 43.9 Å². The molecule has 248 valence electrons. The van der Waals surface area contributed by atoms with Crippen LogP contribution in [0.2, 0.25) is 0 Å². The highest BCUT2D eigenvalue weighted by Gasteiger charge is 2.61. The molecule has 4 aliphatic rings. The molecular weight excluding hydrogens is 598 g/mol. The van der Waals surface area contributed by atoms with Gasteiger partial charge in [0, 0.05) is 19.0 Å². The molecule has 2 aliphatic carbocycles. The number of nitrogens with one attached hydrogen (secondary N) is 4. The number of hydrogen-bond acceptors (Lipinski definition) is 9. The molecule has 1 aromatic carbocycles. The molecule has 2 saturated carbocycles. The monoisotopic (exact) mass is 645 g/mol. The van der Waals surface area contributed by atoms with Crippen molar-refractivity contribution in [2.45, 2.75) is 118 Å². The first-order chi connectivity index (χ1) is 21.6. The highest BCUT2D eigenvalue weighted by atomic mass is 32.2. The smallest absolute Gasteiger partial charge is 0.407 e. The first-order valence-corrected chi connectivity index (χ1v) is 17.9. The number of rotatable bonds is 3. The fraction of sp³-hybridized carbons (Fsp3) is 0.656. The van der Waals surface area contributed by atoms with Crippen molar-refractivity contribution in [1.29, 1.82) is 0 Å². The Morgan fingerprint density at radius 3 is 2.49 bits per heavy atom. The summed E-state index contributed by atoms with van der Waals surface area (Å²) in [5, 5.41) is 20.5. The van der Waals surface area contributed by atoms with Crippen LogP contribution in [0.4, 0.5) is 10.5 Å². The van der Waals surface area contributed by atoms with E-state index in [4.69, 9.17) is 4.74 Å². The van der Waals surface area contributed by atoms with Crippen molar-refractivity contribution >= 4 is 33.6 Å².